The Balaban J connectivity index is 2.45. The van der Waals surface area contributed by atoms with E-state index < -0.39 is 16.9 Å². The monoisotopic (exact) mass is 517 g/mol. The number of unbranched alkanes of at least 4 members (excludes halogenated alkanes) is 10. The molecule has 0 aliphatic carbocycles. The molecule has 0 spiro atoms. The van der Waals surface area contributed by atoms with Gasteiger partial charge in [-0.2, -0.15) is 0 Å². The van der Waals surface area contributed by atoms with Gasteiger partial charge in [0.05, 0.1) is 29.3 Å². The number of hydrogen-bond donors (Lipinski definition) is 0. The minimum atomic E-state index is -0.800. The van der Waals surface area contributed by atoms with Crippen LogP contribution in [0.4, 0.5) is 5.69 Å². The molecule has 0 radical (unpaired) electrons. The number of nitro benzene ring substituents is 1. The molecule has 0 saturated carbocycles. The lowest BCUT2D eigenvalue weighted by Crippen LogP contribution is -2.15. The molecular weight excluding hydrogens is 482 g/mol. The van der Waals surface area contributed by atoms with E-state index in [1.165, 1.54) is 6.07 Å². The second-order valence-corrected chi connectivity index (χ2v) is 8.41. The molecule has 0 fully saturated rings. The number of ether oxygens (including phenoxy) is 2. The Hall–Kier alpha value is -3.82. The Morgan fingerprint density at radius 3 is 1.62 bits per heavy atom. The Labute approximate surface area is 215 Å². The average Bonchev–Trinajstić information content (AvgIpc) is 2.90. The number of hydrogen-bond acceptors (Lipinski definition) is 8. The quantitative estimate of drug-likeness (QED) is 0.0314. The van der Waals surface area contributed by atoms with Crippen LogP contribution in [0.1, 0.15) is 97.8 Å². The largest absolute Gasteiger partial charge is 0.462 e. The van der Waals surface area contributed by atoms with Crippen LogP contribution in [0, 0.1) is 10.1 Å². The van der Waals surface area contributed by atoms with Crippen molar-refractivity contribution in [3.63, 3.8) is 0 Å². The molecule has 1 aromatic rings. The lowest BCUT2D eigenvalue weighted by Gasteiger charge is -2.10. The van der Waals surface area contributed by atoms with Crippen molar-refractivity contribution >= 4 is 17.6 Å². The molecule has 0 aliphatic heterocycles. The van der Waals surface area contributed by atoms with E-state index in [-0.39, 0.29) is 30.0 Å². The van der Waals surface area contributed by atoms with Crippen LogP contribution in [0.2, 0.25) is 0 Å². The van der Waals surface area contributed by atoms with E-state index in [0.29, 0.717) is 25.9 Å². The highest BCUT2D eigenvalue weighted by atomic mass is 16.6. The lowest BCUT2D eigenvalue weighted by molar-refractivity contribution is -0.384. The molecule has 202 valence electrons. The van der Waals surface area contributed by atoms with E-state index in [2.05, 4.69) is 20.1 Å². The topological polar surface area (TPSA) is 193 Å². The summed E-state index contributed by atoms with van der Waals surface area (Å²) in [5.41, 5.74) is 15.9. The molecule has 0 heterocycles. The molecule has 0 amide bonds. The van der Waals surface area contributed by atoms with E-state index in [4.69, 9.17) is 20.5 Å². The summed E-state index contributed by atoms with van der Waals surface area (Å²) < 4.78 is 10.6. The first-order chi connectivity index (χ1) is 18.0. The Bertz CT molecular complexity index is 959. The van der Waals surface area contributed by atoms with Crippen LogP contribution in [0.25, 0.3) is 20.9 Å². The third-order valence-corrected chi connectivity index (χ3v) is 5.55. The van der Waals surface area contributed by atoms with Gasteiger partial charge in [-0.15, -0.1) is 0 Å². The molecule has 0 N–H and O–H groups in total. The van der Waals surface area contributed by atoms with Crippen LogP contribution in [0.15, 0.2) is 28.4 Å². The zero-order valence-electron chi connectivity index (χ0n) is 21.1. The summed E-state index contributed by atoms with van der Waals surface area (Å²) in [6.45, 7) is 1.29. The molecule has 0 bridgehead atoms. The fourth-order valence-electron chi connectivity index (χ4n) is 3.55. The van der Waals surface area contributed by atoms with Crippen molar-refractivity contribution in [1.29, 1.82) is 0 Å². The molecule has 1 rings (SSSR count). The summed E-state index contributed by atoms with van der Waals surface area (Å²) in [5, 5.41) is 18.1. The van der Waals surface area contributed by atoms with Crippen molar-refractivity contribution in [3.05, 3.63) is 60.3 Å². The van der Waals surface area contributed by atoms with Gasteiger partial charge in [0.2, 0.25) is 0 Å². The number of non-ortho nitro benzene ring substituents is 1. The number of esters is 2. The summed E-state index contributed by atoms with van der Waals surface area (Å²) >= 11 is 0. The molecule has 0 atom stereocenters. The van der Waals surface area contributed by atoms with Crippen molar-refractivity contribution < 1.29 is 24.0 Å². The van der Waals surface area contributed by atoms with Gasteiger partial charge in [-0.1, -0.05) is 61.6 Å². The van der Waals surface area contributed by atoms with Crippen molar-refractivity contribution in [3.8, 4) is 0 Å². The zero-order chi connectivity index (χ0) is 27.1. The second kappa shape index (κ2) is 20.4. The van der Waals surface area contributed by atoms with Gasteiger partial charge in [0.25, 0.3) is 5.69 Å². The van der Waals surface area contributed by atoms with E-state index in [1.54, 1.807) is 0 Å². The first-order valence-corrected chi connectivity index (χ1v) is 12.7. The van der Waals surface area contributed by atoms with Gasteiger partial charge in [-0.25, -0.2) is 9.59 Å². The minimum Gasteiger partial charge on any atom is -0.462 e. The Morgan fingerprint density at radius 1 is 0.730 bits per heavy atom. The molecule has 13 nitrogen and oxygen atoms in total. The fraction of sp³-hybridized carbons (Fsp3) is 0.667. The third kappa shape index (κ3) is 14.4. The summed E-state index contributed by atoms with van der Waals surface area (Å²) in [5.74, 6) is -1.53. The van der Waals surface area contributed by atoms with Gasteiger partial charge in [0, 0.05) is 35.0 Å². The Kier molecular flexibility index (Phi) is 17.2. The number of nitrogens with zero attached hydrogens (tertiary/aromatic N) is 7. The van der Waals surface area contributed by atoms with Crippen molar-refractivity contribution in [2.45, 2.75) is 77.0 Å². The standard InChI is InChI=1S/C24H35N7O6/c25-29-27-15-9-5-1-3-7-11-17-36-23(32)21-14-13-20(31(34)35)19-22(21)24(33)37-18-12-8-4-2-6-10-16-28-30-26/h13-14,19H,1-12,15-18H2. The number of azide groups is 2. The molecular formula is C24H35N7O6. The van der Waals surface area contributed by atoms with Crippen LogP contribution in [-0.4, -0.2) is 43.2 Å². The number of benzene rings is 1. The summed E-state index contributed by atoms with van der Waals surface area (Å²) in [7, 11) is 0. The van der Waals surface area contributed by atoms with E-state index in [1.807, 2.05) is 0 Å². The molecule has 13 heteroatoms. The van der Waals surface area contributed by atoms with Crippen LogP contribution in [0.5, 0.6) is 0 Å². The molecule has 0 unspecified atom stereocenters. The lowest BCUT2D eigenvalue weighted by atomic mass is 10.1. The van der Waals surface area contributed by atoms with Gasteiger partial charge in [-0.05, 0) is 42.8 Å². The molecule has 0 saturated heterocycles. The predicted octanol–water partition coefficient (Wildman–Crippen LogP) is 7.21. The number of nitro groups is 1. The predicted molar refractivity (Wildman–Crippen MR) is 137 cm³/mol. The highest BCUT2D eigenvalue weighted by Gasteiger charge is 2.23. The van der Waals surface area contributed by atoms with Gasteiger partial charge in [0.1, 0.15) is 0 Å². The fourth-order valence-corrected chi connectivity index (χ4v) is 3.55. The smallest absolute Gasteiger partial charge is 0.339 e. The zero-order valence-corrected chi connectivity index (χ0v) is 21.1. The van der Waals surface area contributed by atoms with Gasteiger partial charge in [-0.3, -0.25) is 10.1 Å². The first-order valence-electron chi connectivity index (χ1n) is 12.7. The first kappa shape index (κ1) is 31.2. The molecule has 0 aromatic heterocycles. The van der Waals surface area contributed by atoms with E-state index in [0.717, 1.165) is 76.3 Å². The summed E-state index contributed by atoms with van der Waals surface area (Å²) in [4.78, 5) is 41.1. The van der Waals surface area contributed by atoms with Gasteiger partial charge >= 0.3 is 11.9 Å². The van der Waals surface area contributed by atoms with Crippen molar-refractivity contribution in [2.75, 3.05) is 26.3 Å². The van der Waals surface area contributed by atoms with Crippen LogP contribution < -0.4 is 0 Å². The van der Waals surface area contributed by atoms with E-state index >= 15 is 0 Å². The SMILES string of the molecule is [N-]=[N+]=NCCCCCCCCOC(=O)c1ccc([N+](=O)[O-])cc1C(=O)OCCCCCCCCN=[N+]=[N-]. The Morgan fingerprint density at radius 2 is 1.16 bits per heavy atom. The van der Waals surface area contributed by atoms with Crippen LogP contribution in [0.3, 0.4) is 0 Å². The van der Waals surface area contributed by atoms with Crippen LogP contribution >= 0.6 is 0 Å². The molecule has 1 aromatic carbocycles. The van der Waals surface area contributed by atoms with Gasteiger partial charge < -0.3 is 9.47 Å². The van der Waals surface area contributed by atoms with Crippen molar-refractivity contribution in [1.82, 2.24) is 0 Å². The minimum absolute atomic E-state index is 0.0614. The average molecular weight is 518 g/mol. The van der Waals surface area contributed by atoms with Crippen LogP contribution in [-0.2, 0) is 9.47 Å². The van der Waals surface area contributed by atoms with Crippen molar-refractivity contribution in [2.24, 2.45) is 10.2 Å². The highest BCUT2D eigenvalue weighted by Crippen LogP contribution is 2.20. The second-order valence-electron chi connectivity index (χ2n) is 8.41. The number of carbonyl (C=O) groups excluding carboxylic acids is 2. The maximum Gasteiger partial charge on any atom is 0.339 e. The summed E-state index contributed by atoms with van der Waals surface area (Å²) in [6.07, 6.45) is 10.5. The van der Waals surface area contributed by atoms with Gasteiger partial charge in [0.15, 0.2) is 0 Å². The maximum atomic E-state index is 12.6. The molecule has 37 heavy (non-hydrogen) atoms. The number of rotatable bonds is 21. The third-order valence-electron chi connectivity index (χ3n) is 5.55. The number of carbonyl (C=O) groups is 2. The summed E-state index contributed by atoms with van der Waals surface area (Å²) in [6, 6.07) is 3.42. The highest BCUT2D eigenvalue weighted by molar-refractivity contribution is 6.03. The maximum absolute atomic E-state index is 12.6. The van der Waals surface area contributed by atoms with E-state index in [9.17, 15) is 19.7 Å². The molecule has 0 aliphatic rings. The normalized spacial score (nSPS) is 10.2.